The van der Waals surface area contributed by atoms with Crippen LogP contribution in [0.1, 0.15) is 33.6 Å². The van der Waals surface area contributed by atoms with Gasteiger partial charge in [0.25, 0.3) is 0 Å². The lowest BCUT2D eigenvalue weighted by Gasteiger charge is -2.25. The molecule has 3 N–H and O–H groups in total. The van der Waals surface area contributed by atoms with E-state index in [0.717, 1.165) is 6.42 Å². The van der Waals surface area contributed by atoms with Gasteiger partial charge in [-0.05, 0) is 20.3 Å². The summed E-state index contributed by atoms with van der Waals surface area (Å²) in [4.78, 5) is 23.7. The highest BCUT2D eigenvalue weighted by molar-refractivity contribution is 5.74. The van der Waals surface area contributed by atoms with E-state index in [-0.39, 0.29) is 12.6 Å². The standard InChI is InChI=1S/C11H22N2O4/c1-4-6-13(5-2)10(16)12-8-11(3,17)7-9(14)15/h17H,4-8H2,1-3H3,(H,12,16)(H,14,15). The third-order valence-electron chi connectivity index (χ3n) is 2.31. The van der Waals surface area contributed by atoms with Gasteiger partial charge >= 0.3 is 12.0 Å². The predicted octanol–water partition coefficient (Wildman–Crippen LogP) is 0.654. The van der Waals surface area contributed by atoms with Gasteiger partial charge in [-0.15, -0.1) is 0 Å². The minimum Gasteiger partial charge on any atom is -0.481 e. The number of hydrogen-bond acceptors (Lipinski definition) is 3. The van der Waals surface area contributed by atoms with Crippen molar-refractivity contribution in [1.29, 1.82) is 0 Å². The van der Waals surface area contributed by atoms with E-state index in [1.807, 2.05) is 13.8 Å². The summed E-state index contributed by atoms with van der Waals surface area (Å²) in [6.45, 7) is 6.38. The third-order valence-corrected chi connectivity index (χ3v) is 2.31. The summed E-state index contributed by atoms with van der Waals surface area (Å²) < 4.78 is 0. The summed E-state index contributed by atoms with van der Waals surface area (Å²) in [6, 6.07) is -0.278. The first-order valence-electron chi connectivity index (χ1n) is 5.79. The first kappa shape index (κ1) is 15.7. The average Bonchev–Trinajstić information content (AvgIpc) is 2.21. The molecule has 0 spiro atoms. The van der Waals surface area contributed by atoms with Crippen LogP contribution in [0.25, 0.3) is 0 Å². The number of nitrogens with one attached hydrogen (secondary N) is 1. The number of carbonyl (C=O) groups excluding carboxylic acids is 1. The van der Waals surface area contributed by atoms with Crippen LogP contribution in [-0.4, -0.2) is 52.3 Å². The van der Waals surface area contributed by atoms with E-state index in [1.54, 1.807) is 4.90 Å². The second kappa shape index (κ2) is 7.11. The SMILES string of the molecule is CCCN(CC)C(=O)NCC(C)(O)CC(=O)O. The molecule has 0 saturated carbocycles. The van der Waals surface area contributed by atoms with Crippen molar-refractivity contribution in [3.05, 3.63) is 0 Å². The number of hydrogen-bond donors (Lipinski definition) is 3. The zero-order valence-electron chi connectivity index (χ0n) is 10.7. The van der Waals surface area contributed by atoms with E-state index < -0.39 is 18.0 Å². The Bertz CT molecular complexity index is 266. The van der Waals surface area contributed by atoms with Crippen molar-refractivity contribution in [2.75, 3.05) is 19.6 Å². The largest absolute Gasteiger partial charge is 0.481 e. The lowest BCUT2D eigenvalue weighted by Crippen LogP contribution is -2.47. The van der Waals surface area contributed by atoms with E-state index in [0.29, 0.717) is 13.1 Å². The van der Waals surface area contributed by atoms with Crippen LogP contribution < -0.4 is 5.32 Å². The Morgan fingerprint density at radius 2 is 1.94 bits per heavy atom. The average molecular weight is 246 g/mol. The van der Waals surface area contributed by atoms with E-state index in [4.69, 9.17) is 5.11 Å². The summed E-state index contributed by atoms with van der Waals surface area (Å²) in [5.74, 6) is -1.09. The molecule has 0 aromatic carbocycles. The Morgan fingerprint density at radius 3 is 2.35 bits per heavy atom. The second-order valence-corrected chi connectivity index (χ2v) is 4.31. The maximum atomic E-state index is 11.7. The smallest absolute Gasteiger partial charge is 0.317 e. The molecule has 1 atom stereocenters. The fourth-order valence-electron chi connectivity index (χ4n) is 1.44. The van der Waals surface area contributed by atoms with Gasteiger partial charge in [0.1, 0.15) is 0 Å². The van der Waals surface area contributed by atoms with Crippen molar-refractivity contribution in [3.8, 4) is 0 Å². The molecule has 17 heavy (non-hydrogen) atoms. The topological polar surface area (TPSA) is 89.9 Å². The Labute approximate surface area is 102 Å². The zero-order valence-corrected chi connectivity index (χ0v) is 10.7. The molecule has 1 unspecified atom stereocenters. The predicted molar refractivity (Wildman–Crippen MR) is 63.8 cm³/mol. The maximum absolute atomic E-state index is 11.7. The van der Waals surface area contributed by atoms with Crippen LogP contribution >= 0.6 is 0 Å². The molecule has 0 saturated heterocycles. The van der Waals surface area contributed by atoms with Crippen LogP contribution in [0.2, 0.25) is 0 Å². The number of aliphatic hydroxyl groups is 1. The molecule has 0 radical (unpaired) electrons. The van der Waals surface area contributed by atoms with Crippen molar-refractivity contribution in [2.45, 2.75) is 39.2 Å². The maximum Gasteiger partial charge on any atom is 0.317 e. The van der Waals surface area contributed by atoms with Crippen molar-refractivity contribution in [3.63, 3.8) is 0 Å². The molecular formula is C11H22N2O4. The number of amides is 2. The van der Waals surface area contributed by atoms with Gasteiger partial charge in [0.15, 0.2) is 0 Å². The molecule has 2 amide bonds. The normalized spacial score (nSPS) is 13.9. The summed E-state index contributed by atoms with van der Waals surface area (Å²) in [5, 5.41) is 20.8. The number of nitrogens with zero attached hydrogens (tertiary/aromatic N) is 1. The lowest BCUT2D eigenvalue weighted by molar-refractivity contribution is -0.141. The van der Waals surface area contributed by atoms with Gasteiger partial charge in [0.05, 0.1) is 12.0 Å². The third kappa shape index (κ3) is 6.78. The Kier molecular flexibility index (Phi) is 6.57. The van der Waals surface area contributed by atoms with Gasteiger partial charge < -0.3 is 20.4 Å². The summed E-state index contributed by atoms with van der Waals surface area (Å²) >= 11 is 0. The minimum absolute atomic E-state index is 0.0711. The number of aliphatic carboxylic acids is 1. The van der Waals surface area contributed by atoms with Crippen molar-refractivity contribution >= 4 is 12.0 Å². The van der Waals surface area contributed by atoms with Crippen LogP contribution in [0.5, 0.6) is 0 Å². The molecule has 0 aliphatic carbocycles. The monoisotopic (exact) mass is 246 g/mol. The molecule has 100 valence electrons. The number of urea groups is 1. The van der Waals surface area contributed by atoms with Crippen molar-refractivity contribution in [1.82, 2.24) is 10.2 Å². The first-order chi connectivity index (χ1) is 7.82. The molecule has 0 bridgehead atoms. The van der Waals surface area contributed by atoms with Gasteiger partial charge in [-0.1, -0.05) is 6.92 Å². The molecular weight excluding hydrogens is 224 g/mol. The van der Waals surface area contributed by atoms with Crippen molar-refractivity contribution < 1.29 is 19.8 Å². The zero-order chi connectivity index (χ0) is 13.5. The summed E-state index contributed by atoms with van der Waals surface area (Å²) in [6.07, 6.45) is 0.458. The van der Waals surface area contributed by atoms with Crippen LogP contribution in [0.4, 0.5) is 4.79 Å². The fraction of sp³-hybridized carbons (Fsp3) is 0.818. The fourth-order valence-corrected chi connectivity index (χ4v) is 1.44. The van der Waals surface area contributed by atoms with Gasteiger partial charge in [0.2, 0.25) is 0 Å². The second-order valence-electron chi connectivity index (χ2n) is 4.31. The molecule has 0 heterocycles. The molecule has 0 aromatic heterocycles. The molecule has 0 aliphatic heterocycles. The highest BCUT2D eigenvalue weighted by atomic mass is 16.4. The van der Waals surface area contributed by atoms with E-state index in [1.165, 1.54) is 6.92 Å². The first-order valence-corrected chi connectivity index (χ1v) is 5.79. The molecule has 6 nitrogen and oxygen atoms in total. The van der Waals surface area contributed by atoms with Gasteiger partial charge in [0, 0.05) is 19.6 Å². The van der Waals surface area contributed by atoms with Gasteiger partial charge in [-0.3, -0.25) is 4.79 Å². The molecule has 0 fully saturated rings. The van der Waals surface area contributed by atoms with Crippen LogP contribution in [0.3, 0.4) is 0 Å². The number of carbonyl (C=O) groups is 2. The van der Waals surface area contributed by atoms with Crippen LogP contribution in [0.15, 0.2) is 0 Å². The van der Waals surface area contributed by atoms with Crippen LogP contribution in [0, 0.1) is 0 Å². The molecule has 0 aromatic rings. The summed E-state index contributed by atoms with van der Waals surface area (Å²) in [5.41, 5.74) is -1.42. The lowest BCUT2D eigenvalue weighted by atomic mass is 10.0. The van der Waals surface area contributed by atoms with E-state index >= 15 is 0 Å². The highest BCUT2D eigenvalue weighted by Gasteiger charge is 2.25. The Hall–Kier alpha value is -1.30. The van der Waals surface area contributed by atoms with E-state index in [2.05, 4.69) is 5.32 Å². The molecule has 0 rings (SSSR count). The number of rotatable bonds is 7. The molecule has 6 heteroatoms. The van der Waals surface area contributed by atoms with Crippen molar-refractivity contribution in [2.24, 2.45) is 0 Å². The van der Waals surface area contributed by atoms with Crippen LogP contribution in [-0.2, 0) is 4.79 Å². The number of carboxylic acids is 1. The quantitative estimate of drug-likeness (QED) is 0.615. The summed E-state index contributed by atoms with van der Waals surface area (Å²) in [7, 11) is 0. The van der Waals surface area contributed by atoms with E-state index in [9.17, 15) is 14.7 Å². The van der Waals surface area contributed by atoms with Gasteiger partial charge in [-0.2, -0.15) is 0 Å². The highest BCUT2D eigenvalue weighted by Crippen LogP contribution is 2.07. The van der Waals surface area contributed by atoms with Gasteiger partial charge in [-0.25, -0.2) is 4.79 Å². The number of carboxylic acid groups (broad SMARTS) is 1. The molecule has 0 aliphatic rings. The minimum atomic E-state index is -1.42. The Balaban J connectivity index is 4.17. The Morgan fingerprint density at radius 1 is 1.35 bits per heavy atom.